The zero-order valence-electron chi connectivity index (χ0n) is 17.2. The summed E-state index contributed by atoms with van der Waals surface area (Å²) in [5, 5.41) is 0. The smallest absolute Gasteiger partial charge is 0.330 e. The van der Waals surface area contributed by atoms with E-state index < -0.39 is 17.9 Å². The van der Waals surface area contributed by atoms with Crippen LogP contribution in [0.2, 0.25) is 0 Å². The van der Waals surface area contributed by atoms with E-state index in [1.165, 1.54) is 4.90 Å². The van der Waals surface area contributed by atoms with Gasteiger partial charge in [-0.1, -0.05) is 31.4 Å². The van der Waals surface area contributed by atoms with Crippen LogP contribution in [0.15, 0.2) is 11.6 Å². The molecule has 0 aromatic carbocycles. The van der Waals surface area contributed by atoms with E-state index >= 15 is 0 Å². The number of hydrogen-bond donors (Lipinski definition) is 1. The number of nitrogens with one attached hydrogen (secondary N) is 1. The minimum absolute atomic E-state index is 0.0313. The maximum Gasteiger partial charge on any atom is 0.330 e. The van der Waals surface area contributed by atoms with Crippen LogP contribution in [0, 0.1) is 29.6 Å². The highest BCUT2D eigenvalue weighted by Crippen LogP contribution is 2.59. The molecule has 28 heavy (non-hydrogen) atoms. The number of rotatable bonds is 9. The number of imide groups is 1. The lowest BCUT2D eigenvalue weighted by Crippen LogP contribution is -2.36. The van der Waals surface area contributed by atoms with Gasteiger partial charge in [-0.2, -0.15) is 5.48 Å². The fourth-order valence-corrected chi connectivity index (χ4v) is 3.30. The third kappa shape index (κ3) is 4.91. The number of terminal acetylenes is 1. The maximum absolute atomic E-state index is 12.5. The molecular formula is C20H29N3O5. The van der Waals surface area contributed by atoms with E-state index in [1.54, 1.807) is 0 Å². The molecule has 0 radical (unpaired) electrons. The first-order chi connectivity index (χ1) is 13.1. The lowest BCUT2D eigenvalue weighted by molar-refractivity contribution is -0.151. The van der Waals surface area contributed by atoms with Crippen LogP contribution in [-0.4, -0.2) is 60.2 Å². The Morgan fingerprint density at radius 1 is 1.43 bits per heavy atom. The molecule has 2 atom stereocenters. The number of carbonyl (C=O) groups excluding carboxylic acids is 3. The molecule has 2 aliphatic rings. The summed E-state index contributed by atoms with van der Waals surface area (Å²) in [6.45, 7) is 9.95. The largest absolute Gasteiger partial charge is 0.443 e. The number of nitrogens with zero attached hydrogens (tertiary/aromatic N) is 2. The second-order valence-corrected chi connectivity index (χ2v) is 8.08. The number of allylic oxidation sites excluding steroid dienone is 1. The van der Waals surface area contributed by atoms with E-state index in [-0.39, 0.29) is 43.2 Å². The summed E-state index contributed by atoms with van der Waals surface area (Å²) in [5.41, 5.74) is 3.71. The maximum atomic E-state index is 12.5. The van der Waals surface area contributed by atoms with Gasteiger partial charge in [-0.05, 0) is 32.1 Å². The summed E-state index contributed by atoms with van der Waals surface area (Å²) in [6.07, 6.45) is 7.31. The summed E-state index contributed by atoms with van der Waals surface area (Å²) in [6, 6.07) is -0.533. The molecule has 1 aliphatic heterocycles. The van der Waals surface area contributed by atoms with Crippen molar-refractivity contribution in [3.05, 3.63) is 11.6 Å². The quantitative estimate of drug-likeness (QED) is 0.211. The molecule has 154 valence electrons. The van der Waals surface area contributed by atoms with Crippen molar-refractivity contribution in [1.82, 2.24) is 15.3 Å². The van der Waals surface area contributed by atoms with Crippen LogP contribution >= 0.6 is 0 Å². The van der Waals surface area contributed by atoms with Crippen LogP contribution in [-0.2, 0) is 19.2 Å². The van der Waals surface area contributed by atoms with Crippen LogP contribution < -0.4 is 5.48 Å². The monoisotopic (exact) mass is 391 g/mol. The van der Waals surface area contributed by atoms with Crippen molar-refractivity contribution in [2.24, 2.45) is 17.3 Å². The van der Waals surface area contributed by atoms with Gasteiger partial charge in [0.15, 0.2) is 6.73 Å². The molecule has 2 fully saturated rings. The molecule has 0 bridgehead atoms. The van der Waals surface area contributed by atoms with E-state index in [2.05, 4.69) is 11.4 Å². The van der Waals surface area contributed by atoms with Crippen molar-refractivity contribution in [1.29, 1.82) is 0 Å². The first-order valence-corrected chi connectivity index (χ1v) is 9.34. The molecule has 1 saturated heterocycles. The molecule has 2 unspecified atom stereocenters. The number of hydrogen-bond acceptors (Lipinski definition) is 6. The number of hydroxylamine groups is 1. The standard InChI is InChI=1S/C20H29N3O5/c1-7-8-22-11-16(24)23(19(22)26)12-27-18(25)17-15(20(17,5)6)9-14(4)10-21-28-13(2)3/h1,9,13,15,17,21H,8,10-12H2,2-6H3/b14-9+. The van der Waals surface area contributed by atoms with Gasteiger partial charge in [-0.15, -0.1) is 6.42 Å². The van der Waals surface area contributed by atoms with Crippen molar-refractivity contribution < 1.29 is 24.0 Å². The summed E-state index contributed by atoms with van der Waals surface area (Å²) in [5.74, 6) is 1.20. The van der Waals surface area contributed by atoms with Crippen molar-refractivity contribution in [2.75, 3.05) is 26.4 Å². The minimum Gasteiger partial charge on any atom is -0.443 e. The Bertz CT molecular complexity index is 707. The Kier molecular flexibility index (Phi) is 6.86. The molecule has 0 aromatic rings. The molecule has 2 rings (SSSR count). The first-order valence-electron chi connectivity index (χ1n) is 9.34. The number of esters is 1. The Balaban J connectivity index is 1.88. The van der Waals surface area contributed by atoms with E-state index in [0.29, 0.717) is 6.54 Å². The Morgan fingerprint density at radius 3 is 2.71 bits per heavy atom. The average Bonchev–Trinajstić information content (AvgIpc) is 3.01. The molecule has 1 N–H and O–H groups in total. The highest BCUT2D eigenvalue weighted by molar-refractivity contribution is 6.02. The van der Waals surface area contributed by atoms with Crippen LogP contribution in [0.3, 0.4) is 0 Å². The van der Waals surface area contributed by atoms with Gasteiger partial charge in [-0.25, -0.2) is 9.69 Å². The average molecular weight is 391 g/mol. The van der Waals surface area contributed by atoms with Gasteiger partial charge in [0.25, 0.3) is 5.91 Å². The Hall–Kier alpha value is -2.37. The lowest BCUT2D eigenvalue weighted by Gasteiger charge is -2.15. The fourth-order valence-electron chi connectivity index (χ4n) is 3.30. The molecule has 8 heteroatoms. The van der Waals surface area contributed by atoms with E-state index in [0.717, 1.165) is 10.5 Å². The summed E-state index contributed by atoms with van der Waals surface area (Å²) >= 11 is 0. The van der Waals surface area contributed by atoms with E-state index in [9.17, 15) is 14.4 Å². The molecule has 8 nitrogen and oxygen atoms in total. The lowest BCUT2D eigenvalue weighted by atomic mass is 10.1. The van der Waals surface area contributed by atoms with Crippen LogP contribution in [0.4, 0.5) is 4.79 Å². The number of ether oxygens (including phenoxy) is 1. The zero-order valence-corrected chi connectivity index (χ0v) is 17.2. The predicted octanol–water partition coefficient (Wildman–Crippen LogP) is 1.53. The molecule has 3 amide bonds. The Morgan fingerprint density at radius 2 is 2.11 bits per heavy atom. The van der Waals surface area contributed by atoms with Crippen molar-refractivity contribution in [2.45, 2.75) is 40.7 Å². The summed E-state index contributed by atoms with van der Waals surface area (Å²) in [7, 11) is 0. The highest BCUT2D eigenvalue weighted by atomic mass is 16.7. The van der Waals surface area contributed by atoms with E-state index in [4.69, 9.17) is 16.0 Å². The van der Waals surface area contributed by atoms with Crippen LogP contribution in [0.1, 0.15) is 34.6 Å². The normalized spacial score (nSPS) is 24.0. The third-order valence-electron chi connectivity index (χ3n) is 5.05. The number of amides is 3. The van der Waals surface area contributed by atoms with Crippen molar-refractivity contribution >= 4 is 17.9 Å². The van der Waals surface area contributed by atoms with Crippen molar-refractivity contribution in [3.63, 3.8) is 0 Å². The molecule has 1 aliphatic carbocycles. The summed E-state index contributed by atoms with van der Waals surface area (Å²) in [4.78, 5) is 44.0. The van der Waals surface area contributed by atoms with Gasteiger partial charge in [0.1, 0.15) is 6.54 Å². The predicted molar refractivity (Wildman–Crippen MR) is 102 cm³/mol. The topological polar surface area (TPSA) is 88.2 Å². The van der Waals surface area contributed by atoms with Gasteiger partial charge < -0.3 is 9.64 Å². The third-order valence-corrected chi connectivity index (χ3v) is 5.05. The number of urea groups is 1. The van der Waals surface area contributed by atoms with Gasteiger partial charge >= 0.3 is 12.0 Å². The zero-order chi connectivity index (χ0) is 21.1. The second kappa shape index (κ2) is 8.76. The van der Waals surface area contributed by atoms with Gasteiger partial charge in [0, 0.05) is 6.54 Å². The van der Waals surface area contributed by atoms with Crippen molar-refractivity contribution in [3.8, 4) is 12.3 Å². The van der Waals surface area contributed by atoms with Gasteiger partial charge in [-0.3, -0.25) is 14.4 Å². The van der Waals surface area contributed by atoms with E-state index in [1.807, 2.05) is 40.7 Å². The second-order valence-electron chi connectivity index (χ2n) is 8.08. The van der Waals surface area contributed by atoms with Crippen LogP contribution in [0.25, 0.3) is 0 Å². The van der Waals surface area contributed by atoms with Gasteiger partial charge in [0.05, 0.1) is 18.6 Å². The molecule has 1 heterocycles. The highest BCUT2D eigenvalue weighted by Gasteiger charge is 2.61. The molecule has 0 spiro atoms. The minimum atomic E-state index is -0.533. The Labute approximate surface area is 166 Å². The van der Waals surface area contributed by atoms with Crippen LogP contribution in [0.5, 0.6) is 0 Å². The first kappa shape index (κ1) is 21.9. The number of carbonyl (C=O) groups is 3. The molecule has 0 aromatic heterocycles. The summed E-state index contributed by atoms with van der Waals surface area (Å²) < 4.78 is 5.27. The molecule has 1 saturated carbocycles. The SMILES string of the molecule is C#CCN1CC(=O)N(COC(=O)C2C(/C=C(\C)CNOC(C)C)C2(C)C)C1=O. The fraction of sp³-hybridized carbons (Fsp3) is 0.650. The van der Waals surface area contributed by atoms with Gasteiger partial charge in [0.2, 0.25) is 0 Å². The molecular weight excluding hydrogens is 362 g/mol.